The van der Waals surface area contributed by atoms with Crippen LogP contribution in [0.2, 0.25) is 0 Å². The lowest BCUT2D eigenvalue weighted by molar-refractivity contribution is -0.154. The average Bonchev–Trinajstić information content (AvgIpc) is 2.70. The molecule has 162 valence electrons. The molecule has 1 N–H and O–H groups in total. The van der Waals surface area contributed by atoms with Crippen LogP contribution in [0, 0.1) is 5.92 Å². The van der Waals surface area contributed by atoms with Crippen LogP contribution in [0.1, 0.15) is 54.8 Å². The maximum Gasteiger partial charge on any atom is 0.422 e. The molecule has 9 heteroatoms. The zero-order valence-electron chi connectivity index (χ0n) is 17.0. The number of aromatic nitrogens is 2. The minimum Gasteiger partial charge on any atom is -0.468 e. The Morgan fingerprint density at radius 3 is 2.47 bits per heavy atom. The highest BCUT2D eigenvalue weighted by atomic mass is 19.4. The highest BCUT2D eigenvalue weighted by Gasteiger charge is 2.28. The molecular weight excluding hydrogens is 399 g/mol. The molecule has 1 atom stereocenters. The van der Waals surface area contributed by atoms with Crippen LogP contribution >= 0.6 is 0 Å². The second-order valence-electron chi connectivity index (χ2n) is 7.10. The van der Waals surface area contributed by atoms with Crippen molar-refractivity contribution in [3.05, 3.63) is 53.5 Å². The highest BCUT2D eigenvalue weighted by Crippen LogP contribution is 2.21. The van der Waals surface area contributed by atoms with Crippen LogP contribution in [-0.4, -0.2) is 34.4 Å². The van der Waals surface area contributed by atoms with Gasteiger partial charge >= 0.3 is 6.18 Å². The van der Waals surface area contributed by atoms with Crippen molar-refractivity contribution in [3.63, 3.8) is 0 Å². The molecule has 6 nitrogen and oxygen atoms in total. The second kappa shape index (κ2) is 10.2. The van der Waals surface area contributed by atoms with Gasteiger partial charge in [0.05, 0.1) is 6.04 Å². The number of halogens is 3. The zero-order chi connectivity index (χ0) is 22.3. The first-order chi connectivity index (χ1) is 14.1. The molecule has 0 spiro atoms. The Morgan fingerprint density at radius 1 is 1.17 bits per heavy atom. The van der Waals surface area contributed by atoms with Gasteiger partial charge in [0, 0.05) is 42.1 Å². The SMILES string of the molecule is CCC(NC(=O)c1ccnc(CC(=O)C(C)C)c1)c1ccc(OCC(F)(F)F)nc1. The van der Waals surface area contributed by atoms with Crippen LogP contribution in [0.4, 0.5) is 13.2 Å². The molecule has 1 amide bonds. The molecule has 2 aromatic heterocycles. The summed E-state index contributed by atoms with van der Waals surface area (Å²) >= 11 is 0. The molecule has 0 saturated carbocycles. The summed E-state index contributed by atoms with van der Waals surface area (Å²) in [7, 11) is 0. The number of amides is 1. The van der Waals surface area contributed by atoms with Gasteiger partial charge in [-0.2, -0.15) is 13.2 Å². The van der Waals surface area contributed by atoms with Gasteiger partial charge in [-0.25, -0.2) is 4.98 Å². The summed E-state index contributed by atoms with van der Waals surface area (Å²) in [6, 6.07) is 5.63. The predicted molar refractivity (Wildman–Crippen MR) is 104 cm³/mol. The van der Waals surface area contributed by atoms with E-state index in [9.17, 15) is 22.8 Å². The van der Waals surface area contributed by atoms with Crippen molar-refractivity contribution < 1.29 is 27.5 Å². The standard InChI is InChI=1S/C21H24F3N3O3/c1-4-17(15-5-6-19(26-11-15)30-12-21(22,23)24)27-20(29)14-7-8-25-16(9-14)10-18(28)13(2)3/h5-9,11,13,17H,4,10,12H2,1-3H3,(H,27,29). The van der Waals surface area contributed by atoms with E-state index < -0.39 is 18.8 Å². The number of Topliss-reactive ketones (excluding diaryl/α,β-unsaturated/α-hetero) is 1. The van der Waals surface area contributed by atoms with Crippen LogP contribution in [0.3, 0.4) is 0 Å². The number of pyridine rings is 2. The van der Waals surface area contributed by atoms with Gasteiger partial charge in [-0.05, 0) is 24.1 Å². The van der Waals surface area contributed by atoms with Crippen LogP contribution in [0.25, 0.3) is 0 Å². The van der Waals surface area contributed by atoms with Crippen molar-refractivity contribution in [2.45, 2.75) is 45.8 Å². The quantitative estimate of drug-likeness (QED) is 0.658. The van der Waals surface area contributed by atoms with Crippen LogP contribution in [0.5, 0.6) is 5.88 Å². The number of ketones is 1. The Hall–Kier alpha value is -2.97. The van der Waals surface area contributed by atoms with Gasteiger partial charge in [-0.1, -0.05) is 26.8 Å². The molecular formula is C21H24F3N3O3. The van der Waals surface area contributed by atoms with Gasteiger partial charge in [0.25, 0.3) is 5.91 Å². The number of hydrogen-bond acceptors (Lipinski definition) is 5. The molecule has 0 aliphatic heterocycles. The lowest BCUT2D eigenvalue weighted by Gasteiger charge is -2.18. The van der Waals surface area contributed by atoms with Crippen molar-refractivity contribution in [1.82, 2.24) is 15.3 Å². The Bertz CT molecular complexity index is 868. The number of carbonyl (C=O) groups is 2. The molecule has 2 heterocycles. The maximum absolute atomic E-state index is 12.6. The minimum atomic E-state index is -4.44. The predicted octanol–water partition coefficient (Wildman–Crippen LogP) is 4.07. The summed E-state index contributed by atoms with van der Waals surface area (Å²) in [4.78, 5) is 32.6. The summed E-state index contributed by atoms with van der Waals surface area (Å²) in [5.74, 6) is -0.583. The number of alkyl halides is 3. The normalized spacial score (nSPS) is 12.5. The molecule has 0 aromatic carbocycles. The Labute approximate surface area is 172 Å². The Kier molecular flexibility index (Phi) is 7.91. The van der Waals surface area contributed by atoms with Gasteiger partial charge in [-0.15, -0.1) is 0 Å². The largest absolute Gasteiger partial charge is 0.468 e. The Balaban J connectivity index is 2.05. The van der Waals surface area contributed by atoms with E-state index >= 15 is 0 Å². The topological polar surface area (TPSA) is 81.2 Å². The van der Waals surface area contributed by atoms with Gasteiger partial charge in [-0.3, -0.25) is 14.6 Å². The molecule has 2 rings (SSSR count). The highest BCUT2D eigenvalue weighted by molar-refractivity contribution is 5.94. The van der Waals surface area contributed by atoms with Gasteiger partial charge in [0.2, 0.25) is 5.88 Å². The molecule has 0 bridgehead atoms. The van der Waals surface area contributed by atoms with E-state index in [1.165, 1.54) is 18.5 Å². The number of ether oxygens (including phenoxy) is 1. The minimum absolute atomic E-state index is 0.0328. The van der Waals surface area contributed by atoms with Crippen LogP contribution < -0.4 is 10.1 Å². The molecule has 0 radical (unpaired) electrons. The lowest BCUT2D eigenvalue weighted by Crippen LogP contribution is -2.28. The molecule has 2 aromatic rings. The molecule has 1 unspecified atom stereocenters. The molecule has 0 aliphatic rings. The van der Waals surface area contributed by atoms with E-state index in [2.05, 4.69) is 20.0 Å². The van der Waals surface area contributed by atoms with E-state index in [1.54, 1.807) is 32.0 Å². The van der Waals surface area contributed by atoms with Gasteiger partial charge in [0.15, 0.2) is 6.61 Å². The van der Waals surface area contributed by atoms with Gasteiger partial charge < -0.3 is 10.1 Å². The van der Waals surface area contributed by atoms with Crippen molar-refractivity contribution in [3.8, 4) is 5.88 Å². The van der Waals surface area contributed by atoms with Crippen molar-refractivity contribution in [2.75, 3.05) is 6.61 Å². The van der Waals surface area contributed by atoms with Gasteiger partial charge in [0.1, 0.15) is 5.78 Å². The third-order valence-corrected chi connectivity index (χ3v) is 4.34. The fourth-order valence-corrected chi connectivity index (χ4v) is 2.60. The summed E-state index contributed by atoms with van der Waals surface area (Å²) in [6.45, 7) is 4.05. The third-order valence-electron chi connectivity index (χ3n) is 4.34. The van der Waals surface area contributed by atoms with Crippen molar-refractivity contribution >= 4 is 11.7 Å². The van der Waals surface area contributed by atoms with Crippen LogP contribution in [-0.2, 0) is 11.2 Å². The van der Waals surface area contributed by atoms with E-state index in [0.717, 1.165) is 0 Å². The lowest BCUT2D eigenvalue weighted by atomic mass is 10.0. The Morgan fingerprint density at radius 2 is 1.90 bits per heavy atom. The summed E-state index contributed by atoms with van der Waals surface area (Å²) in [5.41, 5.74) is 1.52. The van der Waals surface area contributed by atoms with E-state index in [1.807, 2.05) is 6.92 Å². The first-order valence-corrected chi connectivity index (χ1v) is 9.53. The number of nitrogens with zero attached hydrogens (tertiary/aromatic N) is 2. The van der Waals surface area contributed by atoms with E-state index in [0.29, 0.717) is 23.2 Å². The smallest absolute Gasteiger partial charge is 0.422 e. The first-order valence-electron chi connectivity index (χ1n) is 9.53. The van der Waals surface area contributed by atoms with E-state index in [-0.39, 0.29) is 29.9 Å². The van der Waals surface area contributed by atoms with Crippen molar-refractivity contribution in [1.29, 1.82) is 0 Å². The molecule has 0 fully saturated rings. The molecule has 30 heavy (non-hydrogen) atoms. The zero-order valence-corrected chi connectivity index (χ0v) is 17.0. The molecule has 0 aliphatic carbocycles. The summed E-state index contributed by atoms with van der Waals surface area (Å²) in [6.07, 6.45) is -0.894. The average molecular weight is 423 g/mol. The van der Waals surface area contributed by atoms with Crippen molar-refractivity contribution in [2.24, 2.45) is 5.92 Å². The first kappa shape index (κ1) is 23.3. The fourth-order valence-electron chi connectivity index (χ4n) is 2.60. The number of carbonyl (C=O) groups excluding carboxylic acids is 2. The monoisotopic (exact) mass is 423 g/mol. The fraction of sp³-hybridized carbons (Fsp3) is 0.429. The summed E-state index contributed by atoms with van der Waals surface area (Å²) < 4.78 is 41.3. The summed E-state index contributed by atoms with van der Waals surface area (Å²) in [5, 5.41) is 2.87. The van der Waals surface area contributed by atoms with Crippen LogP contribution in [0.15, 0.2) is 36.7 Å². The number of rotatable bonds is 9. The third kappa shape index (κ3) is 7.13. The number of hydrogen-bond donors (Lipinski definition) is 1. The van der Waals surface area contributed by atoms with E-state index in [4.69, 9.17) is 0 Å². The number of nitrogens with one attached hydrogen (secondary N) is 1. The maximum atomic E-state index is 12.6. The second-order valence-corrected chi connectivity index (χ2v) is 7.10. The molecule has 0 saturated heterocycles.